The number of hydrogen-bond donors (Lipinski definition) is 2. The van der Waals surface area contributed by atoms with Crippen LogP contribution in [0, 0.1) is 0 Å². The van der Waals surface area contributed by atoms with E-state index in [9.17, 15) is 27.6 Å². The molecule has 6 nitrogen and oxygen atoms in total. The zero-order valence-corrected chi connectivity index (χ0v) is 12.3. The molecule has 2 N–H and O–H groups in total. The third kappa shape index (κ3) is 5.28. The lowest BCUT2D eigenvalue weighted by atomic mass is 10.1. The van der Waals surface area contributed by atoms with E-state index in [-0.39, 0.29) is 5.56 Å². The Bertz CT molecular complexity index is 575. The van der Waals surface area contributed by atoms with Gasteiger partial charge in [0.1, 0.15) is 12.1 Å². The van der Waals surface area contributed by atoms with Gasteiger partial charge in [-0.3, -0.25) is 9.59 Å². The number of amides is 2. The second-order valence-electron chi connectivity index (χ2n) is 4.57. The number of halogens is 3. The molecule has 0 saturated heterocycles. The molecule has 0 aliphatic rings. The van der Waals surface area contributed by atoms with Crippen LogP contribution in [0.3, 0.4) is 0 Å². The van der Waals surface area contributed by atoms with Crippen molar-refractivity contribution in [2.75, 3.05) is 7.11 Å². The standard InChI is InChI=1S/C14H15F3N2O4/c1-8(12(21)23-2)18-11(20)10(9-6-4-3-5-7-9)19-13(22)14(15,16)17/h3-8,10H,1-2H3,(H,18,20)(H,19,22)/t8-,10-/m0/s1. The largest absolute Gasteiger partial charge is 0.471 e. The van der Waals surface area contributed by atoms with Crippen LogP contribution in [0.2, 0.25) is 0 Å². The molecule has 23 heavy (non-hydrogen) atoms. The van der Waals surface area contributed by atoms with E-state index in [4.69, 9.17) is 0 Å². The van der Waals surface area contributed by atoms with Crippen molar-refractivity contribution in [1.82, 2.24) is 10.6 Å². The number of alkyl halides is 3. The van der Waals surface area contributed by atoms with Gasteiger partial charge in [0, 0.05) is 0 Å². The first-order valence-corrected chi connectivity index (χ1v) is 6.47. The molecule has 0 aromatic heterocycles. The van der Waals surface area contributed by atoms with Crippen molar-refractivity contribution >= 4 is 17.8 Å². The Kier molecular flexibility index (Phi) is 6.11. The van der Waals surface area contributed by atoms with Crippen molar-refractivity contribution in [1.29, 1.82) is 0 Å². The Morgan fingerprint density at radius 3 is 2.13 bits per heavy atom. The molecule has 9 heteroatoms. The lowest BCUT2D eigenvalue weighted by Crippen LogP contribution is -2.48. The van der Waals surface area contributed by atoms with Gasteiger partial charge >= 0.3 is 18.1 Å². The van der Waals surface area contributed by atoms with Crippen molar-refractivity contribution in [3.8, 4) is 0 Å². The first-order chi connectivity index (χ1) is 10.7. The maximum atomic E-state index is 12.4. The summed E-state index contributed by atoms with van der Waals surface area (Å²) in [6.07, 6.45) is -5.14. The highest BCUT2D eigenvalue weighted by Crippen LogP contribution is 2.19. The lowest BCUT2D eigenvalue weighted by molar-refractivity contribution is -0.174. The molecule has 0 saturated carbocycles. The predicted octanol–water partition coefficient (Wildman–Crippen LogP) is 1.08. The Morgan fingerprint density at radius 2 is 1.65 bits per heavy atom. The molecule has 0 heterocycles. The molecule has 1 aromatic carbocycles. The number of ether oxygens (including phenoxy) is 1. The highest BCUT2D eigenvalue weighted by molar-refractivity contribution is 5.92. The highest BCUT2D eigenvalue weighted by Gasteiger charge is 2.41. The van der Waals surface area contributed by atoms with E-state index < -0.39 is 36.0 Å². The van der Waals surface area contributed by atoms with Crippen LogP contribution in [0.1, 0.15) is 18.5 Å². The second-order valence-corrected chi connectivity index (χ2v) is 4.57. The monoisotopic (exact) mass is 332 g/mol. The van der Waals surface area contributed by atoms with E-state index in [0.717, 1.165) is 7.11 Å². The lowest BCUT2D eigenvalue weighted by Gasteiger charge is -2.21. The fourth-order valence-corrected chi connectivity index (χ4v) is 1.69. The second kappa shape index (κ2) is 7.61. The van der Waals surface area contributed by atoms with E-state index >= 15 is 0 Å². The summed E-state index contributed by atoms with van der Waals surface area (Å²) in [5.74, 6) is -3.99. The zero-order valence-electron chi connectivity index (χ0n) is 12.3. The molecule has 0 radical (unpaired) electrons. The summed E-state index contributed by atoms with van der Waals surface area (Å²) < 4.78 is 41.7. The van der Waals surface area contributed by atoms with Crippen molar-refractivity contribution in [3.05, 3.63) is 35.9 Å². The minimum atomic E-state index is -5.14. The van der Waals surface area contributed by atoms with Crippen LogP contribution < -0.4 is 10.6 Å². The Balaban J connectivity index is 2.98. The van der Waals surface area contributed by atoms with Crippen LogP contribution >= 0.6 is 0 Å². The molecule has 0 bridgehead atoms. The van der Waals surface area contributed by atoms with Gasteiger partial charge in [0.25, 0.3) is 0 Å². The van der Waals surface area contributed by atoms with Gasteiger partial charge in [0.2, 0.25) is 5.91 Å². The highest BCUT2D eigenvalue weighted by atomic mass is 19.4. The number of carbonyl (C=O) groups is 3. The number of methoxy groups -OCH3 is 1. The average Bonchev–Trinajstić information content (AvgIpc) is 2.51. The van der Waals surface area contributed by atoms with Crippen LogP contribution in [-0.2, 0) is 19.1 Å². The van der Waals surface area contributed by atoms with Gasteiger partial charge in [-0.15, -0.1) is 0 Å². The molecular formula is C14H15F3N2O4. The van der Waals surface area contributed by atoms with Gasteiger partial charge in [-0.1, -0.05) is 30.3 Å². The molecular weight excluding hydrogens is 317 g/mol. The Labute approximate surface area is 130 Å². The maximum Gasteiger partial charge on any atom is 0.471 e. The van der Waals surface area contributed by atoms with Crippen LogP contribution in [0.15, 0.2) is 30.3 Å². The van der Waals surface area contributed by atoms with Gasteiger partial charge in [-0.2, -0.15) is 13.2 Å². The van der Waals surface area contributed by atoms with Crippen molar-refractivity contribution < 1.29 is 32.3 Å². The zero-order chi connectivity index (χ0) is 17.6. The number of nitrogens with one attached hydrogen (secondary N) is 2. The SMILES string of the molecule is COC(=O)[C@H](C)NC(=O)[C@@H](NC(=O)C(F)(F)F)c1ccccc1. The molecule has 1 aromatic rings. The summed E-state index contributed by atoms with van der Waals surface area (Å²) in [5, 5.41) is 3.80. The van der Waals surface area contributed by atoms with E-state index in [2.05, 4.69) is 10.1 Å². The average molecular weight is 332 g/mol. The number of carbonyl (C=O) groups excluding carboxylic acids is 3. The van der Waals surface area contributed by atoms with Crippen LogP contribution in [0.5, 0.6) is 0 Å². The number of rotatable bonds is 5. The quantitative estimate of drug-likeness (QED) is 0.791. The van der Waals surface area contributed by atoms with Crippen LogP contribution in [0.4, 0.5) is 13.2 Å². The third-order valence-electron chi connectivity index (χ3n) is 2.84. The van der Waals surface area contributed by atoms with Crippen molar-refractivity contribution in [3.63, 3.8) is 0 Å². The summed E-state index contributed by atoms with van der Waals surface area (Å²) in [6.45, 7) is 1.30. The third-order valence-corrected chi connectivity index (χ3v) is 2.84. The van der Waals surface area contributed by atoms with E-state index in [1.54, 1.807) is 11.4 Å². The molecule has 1 rings (SSSR count). The summed E-state index contributed by atoms with van der Waals surface area (Å²) in [6, 6.07) is 4.67. The van der Waals surface area contributed by atoms with Crippen LogP contribution in [-0.4, -0.2) is 37.1 Å². The van der Waals surface area contributed by atoms with Gasteiger partial charge in [0.05, 0.1) is 7.11 Å². The number of esters is 1. The van der Waals surface area contributed by atoms with E-state index in [1.165, 1.54) is 31.2 Å². The molecule has 126 valence electrons. The summed E-state index contributed by atoms with van der Waals surface area (Å²) in [5.41, 5.74) is 0.139. The van der Waals surface area contributed by atoms with Gasteiger partial charge in [-0.05, 0) is 12.5 Å². The predicted molar refractivity (Wildman–Crippen MR) is 73.0 cm³/mol. The molecule has 0 aliphatic heterocycles. The minimum Gasteiger partial charge on any atom is -0.467 e. The Hall–Kier alpha value is -2.58. The molecule has 0 fully saturated rings. The maximum absolute atomic E-state index is 12.4. The molecule has 2 atom stereocenters. The smallest absolute Gasteiger partial charge is 0.467 e. The minimum absolute atomic E-state index is 0.139. The van der Waals surface area contributed by atoms with Gasteiger partial charge in [0.15, 0.2) is 0 Å². The van der Waals surface area contributed by atoms with E-state index in [1.807, 2.05) is 0 Å². The van der Waals surface area contributed by atoms with E-state index in [0.29, 0.717) is 0 Å². The molecule has 0 spiro atoms. The molecule has 0 unspecified atom stereocenters. The summed E-state index contributed by atoms with van der Waals surface area (Å²) >= 11 is 0. The van der Waals surface area contributed by atoms with Gasteiger partial charge < -0.3 is 15.4 Å². The fourth-order valence-electron chi connectivity index (χ4n) is 1.69. The first kappa shape index (κ1) is 18.5. The van der Waals surface area contributed by atoms with Crippen molar-refractivity contribution in [2.24, 2.45) is 0 Å². The fraction of sp³-hybridized carbons (Fsp3) is 0.357. The Morgan fingerprint density at radius 1 is 1.09 bits per heavy atom. The summed E-state index contributed by atoms with van der Waals surface area (Å²) in [4.78, 5) is 34.5. The van der Waals surface area contributed by atoms with Crippen molar-refractivity contribution in [2.45, 2.75) is 25.2 Å². The number of hydrogen-bond acceptors (Lipinski definition) is 4. The number of benzene rings is 1. The topological polar surface area (TPSA) is 84.5 Å². The molecule has 0 aliphatic carbocycles. The normalized spacial score (nSPS) is 13.6. The van der Waals surface area contributed by atoms with Gasteiger partial charge in [-0.25, -0.2) is 4.79 Å². The first-order valence-electron chi connectivity index (χ1n) is 6.47. The summed E-state index contributed by atoms with van der Waals surface area (Å²) in [7, 11) is 1.10. The van der Waals surface area contributed by atoms with Crippen LogP contribution in [0.25, 0.3) is 0 Å². The molecule has 2 amide bonds.